The predicted octanol–water partition coefficient (Wildman–Crippen LogP) is 3.15. The van der Waals surface area contributed by atoms with Crippen LogP contribution in [-0.2, 0) is 9.59 Å². The Balaban J connectivity index is 1.85. The minimum Gasteiger partial charge on any atom is -0.482 e. The van der Waals surface area contributed by atoms with Gasteiger partial charge in [-0.1, -0.05) is 12.1 Å². The molecule has 158 valence electrons. The lowest BCUT2D eigenvalue weighted by atomic mass is 10.1. The van der Waals surface area contributed by atoms with Crippen LogP contribution in [0.1, 0.15) is 35.3 Å². The first-order chi connectivity index (χ1) is 14.3. The summed E-state index contributed by atoms with van der Waals surface area (Å²) in [6, 6.07) is 10.8. The van der Waals surface area contributed by atoms with Crippen LogP contribution < -0.4 is 15.0 Å². The van der Waals surface area contributed by atoms with Gasteiger partial charge in [0.05, 0.1) is 5.69 Å². The van der Waals surface area contributed by atoms with Gasteiger partial charge in [0.1, 0.15) is 12.3 Å². The molecule has 1 N–H and O–H groups in total. The molecule has 3 rings (SSSR count). The molecule has 7 heteroatoms. The van der Waals surface area contributed by atoms with Crippen molar-refractivity contribution in [3.63, 3.8) is 0 Å². The molecule has 0 unspecified atom stereocenters. The van der Waals surface area contributed by atoms with Gasteiger partial charge in [-0.25, -0.2) is 0 Å². The summed E-state index contributed by atoms with van der Waals surface area (Å²) in [5.74, 6) is -0.290. The molecule has 2 aromatic carbocycles. The number of ether oxygens (including phenoxy) is 1. The highest BCUT2D eigenvalue weighted by atomic mass is 16.5. The molecule has 30 heavy (non-hydrogen) atoms. The number of hydrogen-bond acceptors (Lipinski definition) is 4. The summed E-state index contributed by atoms with van der Waals surface area (Å²) in [5, 5.41) is 2.87. The van der Waals surface area contributed by atoms with Crippen LogP contribution in [0.25, 0.3) is 0 Å². The van der Waals surface area contributed by atoms with E-state index < -0.39 is 0 Å². The van der Waals surface area contributed by atoms with Crippen molar-refractivity contribution < 1.29 is 19.1 Å². The van der Waals surface area contributed by atoms with Crippen LogP contribution in [0.2, 0.25) is 0 Å². The second kappa shape index (κ2) is 8.98. The summed E-state index contributed by atoms with van der Waals surface area (Å²) in [5.41, 5.74) is 3.57. The van der Waals surface area contributed by atoms with E-state index in [1.165, 1.54) is 4.90 Å². The molecule has 7 nitrogen and oxygen atoms in total. The first kappa shape index (κ1) is 21.4. The number of nitrogens with one attached hydrogen (secondary N) is 1. The maximum Gasteiger partial charge on any atom is 0.265 e. The zero-order valence-electron chi connectivity index (χ0n) is 17.8. The molecule has 0 saturated heterocycles. The van der Waals surface area contributed by atoms with Gasteiger partial charge in [0.2, 0.25) is 5.91 Å². The predicted molar refractivity (Wildman–Crippen MR) is 116 cm³/mol. The monoisotopic (exact) mass is 409 g/mol. The Morgan fingerprint density at radius 2 is 1.83 bits per heavy atom. The molecule has 0 fully saturated rings. The third kappa shape index (κ3) is 4.45. The molecular weight excluding hydrogens is 382 g/mol. The zero-order chi connectivity index (χ0) is 21.8. The van der Waals surface area contributed by atoms with Crippen molar-refractivity contribution in [2.75, 3.05) is 36.5 Å². The molecule has 1 aliphatic rings. The van der Waals surface area contributed by atoms with Crippen molar-refractivity contribution in [1.29, 1.82) is 0 Å². The number of nitrogens with zero attached hydrogens (tertiary/aromatic N) is 2. The fourth-order valence-electron chi connectivity index (χ4n) is 3.41. The number of carbonyl (C=O) groups is 3. The van der Waals surface area contributed by atoms with E-state index in [0.717, 1.165) is 11.1 Å². The van der Waals surface area contributed by atoms with E-state index in [0.29, 0.717) is 35.8 Å². The van der Waals surface area contributed by atoms with E-state index in [9.17, 15) is 14.4 Å². The summed E-state index contributed by atoms with van der Waals surface area (Å²) < 4.78 is 5.50. The molecule has 0 bridgehead atoms. The Morgan fingerprint density at radius 3 is 2.53 bits per heavy atom. The van der Waals surface area contributed by atoms with Crippen LogP contribution in [-0.4, -0.2) is 48.9 Å². The van der Waals surface area contributed by atoms with Gasteiger partial charge in [-0.2, -0.15) is 0 Å². The fourth-order valence-corrected chi connectivity index (χ4v) is 3.41. The first-order valence-electron chi connectivity index (χ1n) is 10.1. The molecule has 0 aliphatic carbocycles. The van der Waals surface area contributed by atoms with Crippen molar-refractivity contribution in [3.8, 4) is 5.75 Å². The van der Waals surface area contributed by atoms with E-state index in [-0.39, 0.29) is 30.9 Å². The number of hydrogen-bond donors (Lipinski definition) is 1. The number of benzene rings is 2. The van der Waals surface area contributed by atoms with Crippen molar-refractivity contribution in [2.45, 2.75) is 27.7 Å². The number of rotatable bonds is 6. The maximum atomic E-state index is 12.7. The molecule has 0 saturated carbocycles. The lowest BCUT2D eigenvalue weighted by Gasteiger charge is -2.29. The fraction of sp³-hybridized carbons (Fsp3) is 0.348. The highest BCUT2D eigenvalue weighted by molar-refractivity contribution is 6.06. The van der Waals surface area contributed by atoms with Crippen LogP contribution in [0.5, 0.6) is 5.75 Å². The Hall–Kier alpha value is -3.35. The van der Waals surface area contributed by atoms with Gasteiger partial charge in [0, 0.05) is 24.3 Å². The van der Waals surface area contributed by atoms with E-state index in [1.807, 2.05) is 45.9 Å². The Labute approximate surface area is 176 Å². The maximum absolute atomic E-state index is 12.7. The van der Waals surface area contributed by atoms with Gasteiger partial charge in [-0.15, -0.1) is 0 Å². The van der Waals surface area contributed by atoms with Crippen molar-refractivity contribution >= 4 is 29.1 Å². The van der Waals surface area contributed by atoms with Gasteiger partial charge in [-0.05, 0) is 63.1 Å². The van der Waals surface area contributed by atoms with Gasteiger partial charge >= 0.3 is 0 Å². The van der Waals surface area contributed by atoms with Crippen LogP contribution >= 0.6 is 0 Å². The van der Waals surface area contributed by atoms with Gasteiger partial charge in [-0.3, -0.25) is 19.3 Å². The Kier molecular flexibility index (Phi) is 6.40. The summed E-state index contributed by atoms with van der Waals surface area (Å²) in [6.45, 7) is 8.56. The lowest BCUT2D eigenvalue weighted by Crippen LogP contribution is -2.43. The second-order valence-corrected chi connectivity index (χ2v) is 7.30. The van der Waals surface area contributed by atoms with E-state index in [2.05, 4.69) is 5.32 Å². The standard InChI is InChI=1S/C23H27N3O4/c1-5-25(6-2)23(29)17-9-10-20-19(12-17)26(22(28)14-30-20)13-21(27)24-18-11-15(3)7-8-16(18)4/h7-12H,5-6,13-14H2,1-4H3,(H,24,27). The molecule has 3 amide bonds. The number of anilines is 2. The van der Waals surface area contributed by atoms with Gasteiger partial charge < -0.3 is 15.0 Å². The quantitative estimate of drug-likeness (QED) is 0.795. The molecule has 1 aliphatic heterocycles. The summed E-state index contributed by atoms with van der Waals surface area (Å²) >= 11 is 0. The van der Waals surface area contributed by atoms with E-state index >= 15 is 0 Å². The minimum absolute atomic E-state index is 0.124. The highest BCUT2D eigenvalue weighted by Gasteiger charge is 2.29. The third-order valence-electron chi connectivity index (χ3n) is 5.17. The number of carbonyl (C=O) groups excluding carboxylic acids is 3. The van der Waals surface area contributed by atoms with Crippen molar-refractivity contribution in [3.05, 3.63) is 53.1 Å². The number of aryl methyl sites for hydroxylation is 2. The third-order valence-corrected chi connectivity index (χ3v) is 5.17. The molecule has 0 radical (unpaired) electrons. The SMILES string of the molecule is CCN(CC)C(=O)c1ccc2c(c1)N(CC(=O)Nc1cc(C)ccc1C)C(=O)CO2. The number of amides is 3. The Bertz CT molecular complexity index is 982. The minimum atomic E-state index is -0.328. The highest BCUT2D eigenvalue weighted by Crippen LogP contribution is 2.33. The number of fused-ring (bicyclic) bond motifs is 1. The van der Waals surface area contributed by atoms with Crippen molar-refractivity contribution in [2.24, 2.45) is 0 Å². The molecule has 0 spiro atoms. The van der Waals surface area contributed by atoms with Crippen LogP contribution in [0.4, 0.5) is 11.4 Å². The van der Waals surface area contributed by atoms with Crippen LogP contribution in [0, 0.1) is 13.8 Å². The largest absolute Gasteiger partial charge is 0.482 e. The molecule has 1 heterocycles. The van der Waals surface area contributed by atoms with Crippen LogP contribution in [0.3, 0.4) is 0 Å². The first-order valence-corrected chi connectivity index (χ1v) is 10.1. The topological polar surface area (TPSA) is 79.0 Å². The Morgan fingerprint density at radius 1 is 1.10 bits per heavy atom. The normalized spacial score (nSPS) is 12.8. The van der Waals surface area contributed by atoms with E-state index in [1.54, 1.807) is 23.1 Å². The average molecular weight is 409 g/mol. The zero-order valence-corrected chi connectivity index (χ0v) is 17.8. The van der Waals surface area contributed by atoms with E-state index in [4.69, 9.17) is 4.74 Å². The van der Waals surface area contributed by atoms with Crippen molar-refractivity contribution in [1.82, 2.24) is 4.90 Å². The molecule has 2 aromatic rings. The summed E-state index contributed by atoms with van der Waals surface area (Å²) in [4.78, 5) is 41.0. The van der Waals surface area contributed by atoms with Crippen LogP contribution in [0.15, 0.2) is 36.4 Å². The molecule has 0 aromatic heterocycles. The van der Waals surface area contributed by atoms with Gasteiger partial charge in [0.25, 0.3) is 11.8 Å². The summed E-state index contributed by atoms with van der Waals surface area (Å²) in [6.07, 6.45) is 0. The average Bonchev–Trinajstić information content (AvgIpc) is 2.73. The smallest absolute Gasteiger partial charge is 0.265 e. The molecular formula is C23H27N3O4. The summed E-state index contributed by atoms with van der Waals surface area (Å²) in [7, 11) is 0. The second-order valence-electron chi connectivity index (χ2n) is 7.30. The lowest BCUT2D eigenvalue weighted by molar-refractivity contribution is -0.123. The van der Waals surface area contributed by atoms with Gasteiger partial charge in [0.15, 0.2) is 6.61 Å². The molecule has 0 atom stereocenters.